The Morgan fingerprint density at radius 3 is 2.71 bits per heavy atom. The van der Waals surface area contributed by atoms with E-state index in [2.05, 4.69) is 27.7 Å². The zero-order valence-corrected chi connectivity index (χ0v) is 23.9. The molecule has 1 unspecified atom stereocenters. The Morgan fingerprint density at radius 2 is 1.93 bits per heavy atom. The first-order valence-electron chi connectivity index (χ1n) is 14.8. The summed E-state index contributed by atoms with van der Waals surface area (Å²) in [7, 11) is 0. The Kier molecular flexibility index (Phi) is 7.98. The van der Waals surface area contributed by atoms with E-state index < -0.39 is 12.1 Å². The molecule has 10 nitrogen and oxygen atoms in total. The fraction of sp³-hybridized carbons (Fsp3) is 0.484. The highest BCUT2D eigenvalue weighted by Crippen LogP contribution is 2.35. The van der Waals surface area contributed by atoms with Gasteiger partial charge >= 0.3 is 12.1 Å². The standard InChI is InChI=1S/C31H36FN7O3/c1-2-36-14-5-6-22(36)20-42-30-34-27-19-37(28-10-9-26(32)23-7-3-4-8-24(23)28)15-12-25(27)29(35-30)38-16-17-39(31(40)41)21(18-38)11-13-33/h3-4,7-10,21-22H,2,5-6,11-12,14-20H2,1H3,(H,40,41)/t21?,22-/m0/s1. The molecule has 3 aromatic rings. The van der Waals surface area contributed by atoms with Crippen molar-refractivity contribution >= 4 is 28.4 Å². The van der Waals surface area contributed by atoms with Crippen molar-refractivity contribution < 1.29 is 19.0 Å². The summed E-state index contributed by atoms with van der Waals surface area (Å²) in [6, 6.07) is 13.2. The van der Waals surface area contributed by atoms with E-state index in [9.17, 15) is 19.6 Å². The van der Waals surface area contributed by atoms with Gasteiger partial charge in [-0.15, -0.1) is 0 Å². The Balaban J connectivity index is 1.33. The number of nitriles is 1. The number of aromatic nitrogens is 2. The lowest BCUT2D eigenvalue weighted by molar-refractivity contribution is 0.119. The molecule has 2 atom stereocenters. The molecule has 2 saturated heterocycles. The number of likely N-dealkylation sites (N-methyl/N-ethyl adjacent to an activating group) is 1. The van der Waals surface area contributed by atoms with Crippen molar-refractivity contribution in [1.82, 2.24) is 19.8 Å². The van der Waals surface area contributed by atoms with Crippen LogP contribution in [0.4, 0.5) is 20.7 Å². The van der Waals surface area contributed by atoms with E-state index in [4.69, 9.17) is 14.7 Å². The van der Waals surface area contributed by atoms with Gasteiger partial charge in [0.15, 0.2) is 0 Å². The summed E-state index contributed by atoms with van der Waals surface area (Å²) in [6.45, 7) is 7.04. The quantitative estimate of drug-likeness (QED) is 0.443. The summed E-state index contributed by atoms with van der Waals surface area (Å²) in [5.74, 6) is 0.512. The SMILES string of the molecule is CCN1CCC[C@H]1COc1nc2c(c(N3CCN(C(=O)O)C(CC#N)C3)n1)CCN(c1ccc(F)c3ccccc13)C2. The van der Waals surface area contributed by atoms with Crippen LogP contribution < -0.4 is 14.5 Å². The number of hydrogen-bond acceptors (Lipinski definition) is 8. The molecule has 3 aliphatic rings. The molecule has 6 rings (SSSR count). The molecule has 0 radical (unpaired) electrons. The summed E-state index contributed by atoms with van der Waals surface area (Å²) in [5, 5.41) is 20.5. The van der Waals surface area contributed by atoms with Crippen molar-refractivity contribution in [1.29, 1.82) is 5.26 Å². The normalized spacial score (nSPS) is 20.9. The Bertz CT molecular complexity index is 1510. The summed E-state index contributed by atoms with van der Waals surface area (Å²) in [6.07, 6.45) is 1.99. The number of anilines is 2. The van der Waals surface area contributed by atoms with Crippen LogP contribution in [0.25, 0.3) is 10.8 Å². The summed E-state index contributed by atoms with van der Waals surface area (Å²) >= 11 is 0. The number of benzene rings is 2. The molecule has 0 aliphatic carbocycles. The van der Waals surface area contributed by atoms with Crippen LogP contribution in [0.2, 0.25) is 0 Å². The van der Waals surface area contributed by atoms with Crippen molar-refractivity contribution in [2.75, 3.05) is 55.7 Å². The van der Waals surface area contributed by atoms with E-state index in [1.54, 1.807) is 6.07 Å². The maximum atomic E-state index is 14.6. The van der Waals surface area contributed by atoms with Gasteiger partial charge < -0.3 is 24.5 Å². The number of nitrogens with zero attached hydrogens (tertiary/aromatic N) is 7. The lowest BCUT2D eigenvalue weighted by Crippen LogP contribution is -2.55. The van der Waals surface area contributed by atoms with Gasteiger partial charge in [-0.3, -0.25) is 4.90 Å². The van der Waals surface area contributed by atoms with Crippen LogP contribution >= 0.6 is 0 Å². The molecule has 0 bridgehead atoms. The van der Waals surface area contributed by atoms with Gasteiger partial charge in [-0.2, -0.15) is 15.2 Å². The maximum Gasteiger partial charge on any atom is 0.407 e. The number of carboxylic acid groups (broad SMARTS) is 1. The summed E-state index contributed by atoms with van der Waals surface area (Å²) in [4.78, 5) is 29.7. The fourth-order valence-electron chi connectivity index (χ4n) is 6.69. The molecule has 0 saturated carbocycles. The highest BCUT2D eigenvalue weighted by atomic mass is 19.1. The molecular weight excluding hydrogens is 537 g/mol. The van der Waals surface area contributed by atoms with E-state index in [1.807, 2.05) is 24.3 Å². The first kappa shape index (κ1) is 28.0. The van der Waals surface area contributed by atoms with Crippen molar-refractivity contribution in [2.24, 2.45) is 0 Å². The zero-order chi connectivity index (χ0) is 29.2. The van der Waals surface area contributed by atoms with Gasteiger partial charge in [0.05, 0.1) is 30.8 Å². The number of amides is 1. The Labute approximate surface area is 244 Å². The average molecular weight is 574 g/mol. The third kappa shape index (κ3) is 5.39. The smallest absolute Gasteiger partial charge is 0.407 e. The summed E-state index contributed by atoms with van der Waals surface area (Å²) < 4.78 is 20.9. The average Bonchev–Trinajstić information content (AvgIpc) is 3.47. The molecule has 11 heteroatoms. The number of halogens is 1. The molecule has 2 fully saturated rings. The predicted octanol–water partition coefficient (Wildman–Crippen LogP) is 4.28. The van der Waals surface area contributed by atoms with E-state index >= 15 is 0 Å². The zero-order valence-electron chi connectivity index (χ0n) is 23.9. The van der Waals surface area contributed by atoms with Gasteiger partial charge in [-0.1, -0.05) is 31.2 Å². The molecule has 2 aromatic carbocycles. The minimum Gasteiger partial charge on any atom is -0.465 e. The minimum atomic E-state index is -1.01. The minimum absolute atomic E-state index is 0.110. The van der Waals surface area contributed by atoms with Crippen LogP contribution in [0, 0.1) is 17.1 Å². The molecule has 3 aliphatic heterocycles. The van der Waals surface area contributed by atoms with Crippen LogP contribution in [0.3, 0.4) is 0 Å². The second kappa shape index (κ2) is 12.0. The molecule has 4 heterocycles. The van der Waals surface area contributed by atoms with Gasteiger partial charge in [0.25, 0.3) is 0 Å². The first-order chi connectivity index (χ1) is 20.5. The number of likely N-dealkylation sites (tertiary alicyclic amines) is 1. The monoisotopic (exact) mass is 573 g/mol. The number of ether oxygens (including phenoxy) is 1. The Hall–Kier alpha value is -4.17. The van der Waals surface area contributed by atoms with Crippen LogP contribution in [0.15, 0.2) is 36.4 Å². The lowest BCUT2D eigenvalue weighted by atomic mass is 10.0. The molecule has 220 valence electrons. The van der Waals surface area contributed by atoms with Gasteiger partial charge in [0.2, 0.25) is 0 Å². The van der Waals surface area contributed by atoms with E-state index in [1.165, 1.54) is 11.0 Å². The van der Waals surface area contributed by atoms with E-state index in [-0.39, 0.29) is 18.8 Å². The first-order valence-corrected chi connectivity index (χ1v) is 14.8. The molecule has 1 aromatic heterocycles. The van der Waals surface area contributed by atoms with Crippen molar-refractivity contribution in [3.05, 3.63) is 53.5 Å². The number of carbonyl (C=O) groups is 1. The molecule has 42 heavy (non-hydrogen) atoms. The molecule has 1 N–H and O–H groups in total. The largest absolute Gasteiger partial charge is 0.465 e. The van der Waals surface area contributed by atoms with Crippen LogP contribution in [0.1, 0.15) is 37.4 Å². The molecular formula is C31H36FN7O3. The van der Waals surface area contributed by atoms with Crippen molar-refractivity contribution in [2.45, 2.75) is 51.2 Å². The van der Waals surface area contributed by atoms with Crippen LogP contribution in [-0.4, -0.2) is 88.9 Å². The highest BCUT2D eigenvalue weighted by molar-refractivity contribution is 5.94. The number of piperazine rings is 1. The molecule has 1 amide bonds. The van der Waals surface area contributed by atoms with Crippen LogP contribution in [-0.2, 0) is 13.0 Å². The predicted molar refractivity (Wildman–Crippen MR) is 157 cm³/mol. The second-order valence-electron chi connectivity index (χ2n) is 11.2. The van der Waals surface area contributed by atoms with Gasteiger partial charge in [0, 0.05) is 54.2 Å². The van der Waals surface area contributed by atoms with Gasteiger partial charge in [0.1, 0.15) is 18.2 Å². The second-order valence-corrected chi connectivity index (χ2v) is 11.2. The fourth-order valence-corrected chi connectivity index (χ4v) is 6.69. The third-order valence-electron chi connectivity index (χ3n) is 8.88. The summed E-state index contributed by atoms with van der Waals surface area (Å²) in [5.41, 5.74) is 2.82. The van der Waals surface area contributed by atoms with E-state index in [0.29, 0.717) is 56.6 Å². The lowest BCUT2D eigenvalue weighted by Gasteiger charge is -2.41. The van der Waals surface area contributed by atoms with Crippen molar-refractivity contribution in [3.8, 4) is 12.1 Å². The van der Waals surface area contributed by atoms with Crippen molar-refractivity contribution in [3.63, 3.8) is 0 Å². The maximum absolute atomic E-state index is 14.6. The van der Waals surface area contributed by atoms with Gasteiger partial charge in [-0.05, 0) is 44.5 Å². The topological polar surface area (TPSA) is 109 Å². The third-order valence-corrected chi connectivity index (χ3v) is 8.88. The van der Waals surface area contributed by atoms with Crippen LogP contribution in [0.5, 0.6) is 6.01 Å². The highest BCUT2D eigenvalue weighted by Gasteiger charge is 2.34. The van der Waals surface area contributed by atoms with Gasteiger partial charge in [-0.25, -0.2) is 9.18 Å². The molecule has 0 spiro atoms. The van der Waals surface area contributed by atoms with E-state index in [0.717, 1.165) is 54.1 Å². The number of fused-ring (bicyclic) bond motifs is 2. The Morgan fingerprint density at radius 1 is 1.10 bits per heavy atom. The number of hydrogen-bond donors (Lipinski definition) is 1. The number of rotatable bonds is 7.